The summed E-state index contributed by atoms with van der Waals surface area (Å²) in [4.78, 5) is 21.8. The van der Waals surface area contributed by atoms with Gasteiger partial charge in [0.1, 0.15) is 0 Å². The Morgan fingerprint density at radius 1 is 1.31 bits per heavy atom. The summed E-state index contributed by atoms with van der Waals surface area (Å²) in [5.41, 5.74) is 0. The topological polar surface area (TPSA) is 52.6 Å². The fourth-order valence-corrected chi connectivity index (χ4v) is 0.641. The van der Waals surface area contributed by atoms with E-state index in [0.717, 1.165) is 0 Å². The van der Waals surface area contributed by atoms with Crippen molar-refractivity contribution in [1.29, 1.82) is 0 Å². The smallest absolute Gasteiger partial charge is 0.491 e. The molecule has 0 atom stereocenters. The molecule has 0 rings (SSSR count). The third kappa shape index (κ3) is 4.98. The molecule has 0 radical (unpaired) electrons. The maximum absolute atomic E-state index is 10.9. The number of rotatable bonds is 4. The molecule has 0 unspecified atom stereocenters. The summed E-state index contributed by atoms with van der Waals surface area (Å²) < 4.78 is 8.73. The van der Waals surface area contributed by atoms with Crippen LogP contribution in [-0.2, 0) is 19.1 Å². The SMILES string of the molecule is C=CC[C-](C(=O)OC)C(=O)OC.[Na+]. The fourth-order valence-electron chi connectivity index (χ4n) is 0.641. The molecule has 0 saturated carbocycles. The minimum Gasteiger partial charge on any atom is -0.491 e. The fraction of sp³-hybridized carbons (Fsp3) is 0.375. The Morgan fingerprint density at radius 2 is 1.69 bits per heavy atom. The van der Waals surface area contributed by atoms with Crippen LogP contribution >= 0.6 is 0 Å². The maximum atomic E-state index is 10.9. The number of hydrogen-bond acceptors (Lipinski definition) is 4. The number of allylic oxidation sites excluding steroid dienone is 1. The summed E-state index contributed by atoms with van der Waals surface area (Å²) in [6.07, 6.45) is 1.59. The molecule has 0 amide bonds. The first-order valence-electron chi connectivity index (χ1n) is 3.30. The number of esters is 2. The van der Waals surface area contributed by atoms with Crippen LogP contribution in [0.2, 0.25) is 0 Å². The van der Waals surface area contributed by atoms with Crippen LogP contribution in [0.5, 0.6) is 0 Å². The average Bonchev–Trinajstić information content (AvgIpc) is 2.11. The van der Waals surface area contributed by atoms with Crippen molar-refractivity contribution in [3.05, 3.63) is 18.6 Å². The second kappa shape index (κ2) is 8.16. The Balaban J connectivity index is 0. The first-order chi connectivity index (χ1) is 5.67. The standard InChI is InChI=1S/C8H11O4.Na/c1-4-5-6(7(9)11-2)8(10)12-3;/h4H,1,5H2,2-3H3;/q-1;+1. The summed E-state index contributed by atoms with van der Waals surface area (Å²) in [6, 6.07) is 0. The molecule has 0 heterocycles. The van der Waals surface area contributed by atoms with Crippen LogP contribution in [0, 0.1) is 5.92 Å². The van der Waals surface area contributed by atoms with Gasteiger partial charge in [-0.05, 0) is 0 Å². The largest absolute Gasteiger partial charge is 1.00 e. The van der Waals surface area contributed by atoms with E-state index in [9.17, 15) is 9.59 Å². The molecule has 0 aromatic rings. The minimum absolute atomic E-state index is 0. The Morgan fingerprint density at radius 3 is 1.92 bits per heavy atom. The molecule has 0 saturated heterocycles. The van der Waals surface area contributed by atoms with E-state index in [1.807, 2.05) is 0 Å². The van der Waals surface area contributed by atoms with E-state index in [4.69, 9.17) is 0 Å². The Labute approximate surface area is 99.6 Å². The van der Waals surface area contributed by atoms with Crippen LogP contribution in [-0.4, -0.2) is 26.2 Å². The Kier molecular flexibility index (Phi) is 9.44. The van der Waals surface area contributed by atoms with Crippen molar-refractivity contribution in [2.24, 2.45) is 0 Å². The van der Waals surface area contributed by atoms with Gasteiger partial charge in [-0.15, -0.1) is 19.1 Å². The number of hydrogen-bond donors (Lipinski definition) is 0. The van der Waals surface area contributed by atoms with Crippen molar-refractivity contribution >= 4 is 11.9 Å². The molecule has 0 spiro atoms. The predicted octanol–water partition coefficient (Wildman–Crippen LogP) is -2.51. The molecule has 5 heteroatoms. The second-order valence-corrected chi connectivity index (χ2v) is 1.95. The van der Waals surface area contributed by atoms with Crippen molar-refractivity contribution in [2.75, 3.05) is 14.2 Å². The normalized spacial score (nSPS) is 7.85. The molecule has 0 aromatic heterocycles. The second-order valence-electron chi connectivity index (χ2n) is 1.95. The first-order valence-corrected chi connectivity index (χ1v) is 3.30. The number of methoxy groups -OCH3 is 2. The molecule has 68 valence electrons. The van der Waals surface area contributed by atoms with E-state index in [2.05, 4.69) is 16.1 Å². The van der Waals surface area contributed by atoms with E-state index in [-0.39, 0.29) is 41.9 Å². The van der Waals surface area contributed by atoms with Crippen molar-refractivity contribution in [3.8, 4) is 0 Å². The third-order valence-electron chi connectivity index (χ3n) is 1.21. The van der Waals surface area contributed by atoms with Gasteiger partial charge < -0.3 is 9.47 Å². The van der Waals surface area contributed by atoms with E-state index in [0.29, 0.717) is 0 Å². The summed E-state index contributed by atoms with van der Waals surface area (Å²) >= 11 is 0. The van der Waals surface area contributed by atoms with Crippen LogP contribution in [0.15, 0.2) is 12.7 Å². The minimum atomic E-state index is -0.679. The number of carbonyl (C=O) groups excluding carboxylic acids is 2. The van der Waals surface area contributed by atoms with Crippen molar-refractivity contribution in [2.45, 2.75) is 6.42 Å². The van der Waals surface area contributed by atoms with Gasteiger partial charge in [0.05, 0.1) is 14.2 Å². The van der Waals surface area contributed by atoms with E-state index < -0.39 is 11.9 Å². The molecule has 13 heavy (non-hydrogen) atoms. The number of carbonyl (C=O) groups is 2. The van der Waals surface area contributed by atoms with Gasteiger partial charge in [0, 0.05) is 0 Å². The molecule has 0 N–H and O–H groups in total. The van der Waals surface area contributed by atoms with Gasteiger partial charge in [0.15, 0.2) is 11.9 Å². The average molecular weight is 194 g/mol. The van der Waals surface area contributed by atoms with Gasteiger partial charge in [0.25, 0.3) is 0 Å². The molecule has 0 bridgehead atoms. The van der Waals surface area contributed by atoms with Gasteiger partial charge in [-0.1, -0.05) is 0 Å². The van der Waals surface area contributed by atoms with Gasteiger partial charge in [-0.3, -0.25) is 9.59 Å². The summed E-state index contributed by atoms with van der Waals surface area (Å²) in [5.74, 6) is -1.40. The zero-order chi connectivity index (χ0) is 9.56. The predicted molar refractivity (Wildman–Crippen MR) is 42.1 cm³/mol. The van der Waals surface area contributed by atoms with Crippen LogP contribution in [0.25, 0.3) is 0 Å². The molecular weight excluding hydrogens is 183 g/mol. The van der Waals surface area contributed by atoms with Gasteiger partial charge >= 0.3 is 29.6 Å². The number of ether oxygens (including phenoxy) is 2. The maximum Gasteiger partial charge on any atom is 1.00 e. The summed E-state index contributed by atoms with van der Waals surface area (Å²) in [6.45, 7) is 3.40. The monoisotopic (exact) mass is 194 g/mol. The Hall–Kier alpha value is -0.450. The van der Waals surface area contributed by atoms with Gasteiger partial charge in [0.2, 0.25) is 0 Å². The van der Waals surface area contributed by atoms with Crippen LogP contribution in [0.1, 0.15) is 6.42 Å². The first kappa shape index (κ1) is 15.0. The zero-order valence-corrected chi connectivity index (χ0v) is 10.1. The molecule has 0 aromatic carbocycles. The van der Waals surface area contributed by atoms with E-state index in [1.165, 1.54) is 20.3 Å². The van der Waals surface area contributed by atoms with Gasteiger partial charge in [-0.2, -0.15) is 5.92 Å². The third-order valence-corrected chi connectivity index (χ3v) is 1.21. The molecule has 0 aliphatic heterocycles. The van der Waals surface area contributed by atoms with Crippen LogP contribution in [0.3, 0.4) is 0 Å². The molecule has 0 fully saturated rings. The van der Waals surface area contributed by atoms with Crippen molar-refractivity contribution in [1.82, 2.24) is 0 Å². The molecule has 4 nitrogen and oxygen atoms in total. The van der Waals surface area contributed by atoms with E-state index >= 15 is 0 Å². The van der Waals surface area contributed by atoms with Crippen LogP contribution in [0.4, 0.5) is 0 Å². The van der Waals surface area contributed by atoms with Crippen molar-refractivity contribution in [3.63, 3.8) is 0 Å². The Bertz CT molecular complexity index is 175. The molecule has 0 aliphatic carbocycles. The summed E-state index contributed by atoms with van der Waals surface area (Å²) in [7, 11) is 2.41. The zero-order valence-electron chi connectivity index (χ0n) is 8.12. The quantitative estimate of drug-likeness (QED) is 0.163. The molecule has 0 aliphatic rings. The van der Waals surface area contributed by atoms with Gasteiger partial charge in [-0.25, -0.2) is 0 Å². The van der Waals surface area contributed by atoms with Crippen molar-refractivity contribution < 1.29 is 48.6 Å². The summed E-state index contributed by atoms with van der Waals surface area (Å²) in [5, 5.41) is 0. The van der Waals surface area contributed by atoms with Crippen LogP contribution < -0.4 is 29.6 Å². The van der Waals surface area contributed by atoms with E-state index in [1.54, 1.807) is 0 Å². The molecular formula is C8H11NaO4.